The van der Waals surface area contributed by atoms with E-state index in [1.54, 1.807) is 14.1 Å². The van der Waals surface area contributed by atoms with Gasteiger partial charge in [0.1, 0.15) is 5.92 Å². The second-order valence-electron chi connectivity index (χ2n) is 6.60. The van der Waals surface area contributed by atoms with Crippen LogP contribution in [0.3, 0.4) is 0 Å². The number of carbonyl (C=O) groups excluding carboxylic acids is 3. The van der Waals surface area contributed by atoms with Crippen molar-refractivity contribution >= 4 is 17.7 Å². The Balaban J connectivity index is 2.89. The van der Waals surface area contributed by atoms with Crippen LogP contribution in [0.5, 0.6) is 0 Å². The average Bonchev–Trinajstić information content (AvgIpc) is 2.59. The molecule has 25 heavy (non-hydrogen) atoms. The lowest BCUT2D eigenvalue weighted by atomic mass is 9.94. The van der Waals surface area contributed by atoms with Crippen molar-refractivity contribution in [2.24, 2.45) is 11.8 Å². The van der Waals surface area contributed by atoms with Crippen molar-refractivity contribution in [1.82, 2.24) is 15.7 Å². The predicted molar refractivity (Wildman–Crippen MR) is 93.8 cm³/mol. The average molecular weight is 349 g/mol. The molecule has 0 aliphatic carbocycles. The van der Waals surface area contributed by atoms with Gasteiger partial charge in [-0.1, -0.05) is 44.2 Å². The maximum atomic E-state index is 12.4. The zero-order chi connectivity index (χ0) is 19.0. The zero-order valence-corrected chi connectivity index (χ0v) is 15.2. The minimum Gasteiger partial charge on any atom is -0.354 e. The molecule has 1 aromatic carbocycles. The summed E-state index contributed by atoms with van der Waals surface area (Å²) in [7, 11) is 3.31. The van der Waals surface area contributed by atoms with Crippen molar-refractivity contribution < 1.29 is 19.6 Å². The van der Waals surface area contributed by atoms with Crippen molar-refractivity contribution in [3.8, 4) is 0 Å². The number of amides is 3. The molecule has 0 heterocycles. The van der Waals surface area contributed by atoms with E-state index in [-0.39, 0.29) is 18.4 Å². The summed E-state index contributed by atoms with van der Waals surface area (Å²) < 4.78 is 0. The Hall–Kier alpha value is -2.41. The number of carbonyl (C=O) groups is 3. The molecular formula is C18H27N3O4. The fourth-order valence-electron chi connectivity index (χ4n) is 2.55. The number of likely N-dealkylation sites (N-methyl/N-ethyl adjacent to an activating group) is 1. The van der Waals surface area contributed by atoms with Gasteiger partial charge in [-0.25, -0.2) is 5.48 Å². The number of hydrogen-bond donors (Lipinski definition) is 3. The molecule has 3 N–H and O–H groups in total. The van der Waals surface area contributed by atoms with Crippen LogP contribution in [0, 0.1) is 11.8 Å². The first-order valence-electron chi connectivity index (χ1n) is 8.25. The third kappa shape index (κ3) is 6.19. The zero-order valence-electron chi connectivity index (χ0n) is 15.2. The van der Waals surface area contributed by atoms with Gasteiger partial charge in [-0.3, -0.25) is 19.6 Å². The van der Waals surface area contributed by atoms with Crippen LogP contribution in [0.4, 0.5) is 0 Å². The van der Waals surface area contributed by atoms with Gasteiger partial charge in [0.15, 0.2) is 0 Å². The van der Waals surface area contributed by atoms with Crippen LogP contribution in [0.25, 0.3) is 0 Å². The van der Waals surface area contributed by atoms with Gasteiger partial charge in [-0.05, 0) is 17.9 Å². The maximum absolute atomic E-state index is 12.4. The Labute approximate surface area is 148 Å². The maximum Gasteiger partial charge on any atom is 0.255 e. The highest BCUT2D eigenvalue weighted by Crippen LogP contribution is 2.18. The van der Waals surface area contributed by atoms with Gasteiger partial charge in [-0.15, -0.1) is 0 Å². The van der Waals surface area contributed by atoms with Gasteiger partial charge in [-0.2, -0.15) is 0 Å². The van der Waals surface area contributed by atoms with Crippen molar-refractivity contribution in [3.05, 3.63) is 35.9 Å². The van der Waals surface area contributed by atoms with E-state index in [2.05, 4.69) is 5.32 Å². The van der Waals surface area contributed by atoms with E-state index in [0.29, 0.717) is 6.42 Å². The molecule has 0 aliphatic heterocycles. The van der Waals surface area contributed by atoms with Crippen LogP contribution in [-0.2, 0) is 14.4 Å². The molecule has 1 aromatic rings. The van der Waals surface area contributed by atoms with Crippen molar-refractivity contribution in [2.75, 3.05) is 20.6 Å². The fourth-order valence-corrected chi connectivity index (χ4v) is 2.55. The Morgan fingerprint density at radius 1 is 1.08 bits per heavy atom. The molecule has 7 heteroatoms. The first-order valence-corrected chi connectivity index (χ1v) is 8.25. The van der Waals surface area contributed by atoms with Gasteiger partial charge in [0, 0.05) is 20.6 Å². The highest BCUT2D eigenvalue weighted by molar-refractivity contribution is 6.00. The monoisotopic (exact) mass is 349 g/mol. The van der Waals surface area contributed by atoms with E-state index >= 15 is 0 Å². The summed E-state index contributed by atoms with van der Waals surface area (Å²) in [5.41, 5.74) is 2.32. The lowest BCUT2D eigenvalue weighted by molar-refractivity contribution is -0.141. The number of rotatable bonds is 8. The molecule has 0 radical (unpaired) electrons. The normalized spacial score (nSPS) is 13.0. The van der Waals surface area contributed by atoms with Gasteiger partial charge in [0.05, 0.1) is 5.92 Å². The summed E-state index contributed by atoms with van der Waals surface area (Å²) in [5, 5.41) is 11.5. The van der Waals surface area contributed by atoms with E-state index in [0.717, 1.165) is 5.56 Å². The summed E-state index contributed by atoms with van der Waals surface area (Å²) in [6.45, 7) is 3.84. The molecule has 0 aliphatic rings. The van der Waals surface area contributed by atoms with Crippen molar-refractivity contribution in [3.63, 3.8) is 0 Å². The lowest BCUT2D eigenvalue weighted by Gasteiger charge is -2.23. The van der Waals surface area contributed by atoms with E-state index in [1.165, 1.54) is 10.4 Å². The summed E-state index contributed by atoms with van der Waals surface area (Å²) in [6, 6.07) is 9.15. The highest BCUT2D eigenvalue weighted by Gasteiger charge is 2.29. The Bertz CT molecular complexity index is 587. The summed E-state index contributed by atoms with van der Waals surface area (Å²) in [6.07, 6.45) is 0.301. The van der Waals surface area contributed by atoms with Gasteiger partial charge in [0.2, 0.25) is 11.8 Å². The summed E-state index contributed by atoms with van der Waals surface area (Å²) >= 11 is 0. The first kappa shape index (κ1) is 20.6. The lowest BCUT2D eigenvalue weighted by Crippen LogP contribution is -2.44. The van der Waals surface area contributed by atoms with Gasteiger partial charge in [0.25, 0.3) is 5.91 Å². The number of benzene rings is 1. The largest absolute Gasteiger partial charge is 0.354 e. The smallest absolute Gasteiger partial charge is 0.255 e. The molecule has 7 nitrogen and oxygen atoms in total. The summed E-state index contributed by atoms with van der Waals surface area (Å²) in [4.78, 5) is 38.1. The Kier molecular flexibility index (Phi) is 8.07. The van der Waals surface area contributed by atoms with Crippen molar-refractivity contribution in [1.29, 1.82) is 0 Å². The topological polar surface area (TPSA) is 98.7 Å². The van der Waals surface area contributed by atoms with E-state index < -0.39 is 23.7 Å². The van der Waals surface area contributed by atoms with Crippen LogP contribution in [0.2, 0.25) is 0 Å². The van der Waals surface area contributed by atoms with Gasteiger partial charge < -0.3 is 10.2 Å². The van der Waals surface area contributed by atoms with Crippen LogP contribution in [0.15, 0.2) is 30.3 Å². The Morgan fingerprint density at radius 3 is 2.16 bits per heavy atom. The van der Waals surface area contributed by atoms with Crippen LogP contribution < -0.4 is 10.8 Å². The van der Waals surface area contributed by atoms with Gasteiger partial charge >= 0.3 is 0 Å². The molecule has 1 rings (SSSR count). The van der Waals surface area contributed by atoms with Crippen LogP contribution in [0.1, 0.15) is 31.7 Å². The molecular weight excluding hydrogens is 322 g/mol. The van der Waals surface area contributed by atoms with Crippen molar-refractivity contribution in [2.45, 2.75) is 26.2 Å². The first-order chi connectivity index (χ1) is 11.8. The summed E-state index contributed by atoms with van der Waals surface area (Å²) in [5.74, 6) is -2.85. The second kappa shape index (κ2) is 9.78. The number of hydroxylamine groups is 1. The molecule has 2 atom stereocenters. The Morgan fingerprint density at radius 2 is 1.68 bits per heavy atom. The molecule has 0 saturated carbocycles. The second-order valence-corrected chi connectivity index (χ2v) is 6.60. The quantitative estimate of drug-likeness (QED) is 0.372. The van der Waals surface area contributed by atoms with E-state index in [9.17, 15) is 14.4 Å². The third-order valence-electron chi connectivity index (χ3n) is 3.87. The van der Waals surface area contributed by atoms with E-state index in [4.69, 9.17) is 5.21 Å². The predicted octanol–water partition coefficient (Wildman–Crippen LogP) is 1.14. The molecule has 138 valence electrons. The molecule has 0 bridgehead atoms. The molecule has 0 saturated heterocycles. The van der Waals surface area contributed by atoms with Crippen LogP contribution in [-0.4, -0.2) is 48.5 Å². The molecule has 3 amide bonds. The molecule has 0 fully saturated rings. The number of nitrogens with zero attached hydrogens (tertiary/aromatic N) is 1. The third-order valence-corrected chi connectivity index (χ3v) is 3.87. The fraction of sp³-hybridized carbons (Fsp3) is 0.500. The number of nitrogens with one attached hydrogen (secondary N) is 2. The van der Waals surface area contributed by atoms with Crippen LogP contribution >= 0.6 is 0 Å². The van der Waals surface area contributed by atoms with E-state index in [1.807, 2.05) is 44.2 Å². The standard InChI is InChI=1S/C18H27N3O4/c1-12(2)10-14(17(23)20-25)16(22)19-11-15(18(24)21(3)4)13-8-6-5-7-9-13/h5-9,12,14-15,25H,10-11H2,1-4H3,(H,19,22)(H,20,23). The molecule has 0 aromatic heterocycles. The minimum absolute atomic E-state index is 0.0766. The SMILES string of the molecule is CC(C)CC(C(=O)NO)C(=O)NCC(C(=O)N(C)C)c1ccccc1. The number of hydrogen-bond acceptors (Lipinski definition) is 4. The molecule has 0 spiro atoms. The highest BCUT2D eigenvalue weighted by atomic mass is 16.5. The minimum atomic E-state index is -1.00. The molecule has 2 unspecified atom stereocenters.